The Morgan fingerprint density at radius 1 is 1.48 bits per heavy atom. The fourth-order valence-corrected chi connectivity index (χ4v) is 3.46. The zero-order valence-electron chi connectivity index (χ0n) is 13.1. The number of hydrogen-bond donors (Lipinski definition) is 2. The number of anilines is 1. The van der Waals surface area contributed by atoms with Crippen molar-refractivity contribution in [3.05, 3.63) is 23.0 Å². The van der Waals surface area contributed by atoms with Gasteiger partial charge in [0.2, 0.25) is 5.91 Å². The van der Waals surface area contributed by atoms with Crippen LogP contribution in [0.5, 0.6) is 0 Å². The van der Waals surface area contributed by atoms with E-state index in [1.807, 2.05) is 13.0 Å². The van der Waals surface area contributed by atoms with Crippen molar-refractivity contribution in [2.45, 2.75) is 46.6 Å². The third kappa shape index (κ3) is 3.06. The molecular weight excluding hydrogens is 286 g/mol. The normalized spacial score (nSPS) is 28.2. The number of amides is 1. The highest BCUT2D eigenvalue weighted by Gasteiger charge is 2.45. The Morgan fingerprint density at radius 3 is 2.76 bits per heavy atom. The third-order valence-electron chi connectivity index (χ3n) is 5.18. The number of pyridine rings is 1. The Bertz CT molecular complexity index is 524. The predicted molar refractivity (Wildman–Crippen MR) is 86.3 cm³/mol. The summed E-state index contributed by atoms with van der Waals surface area (Å²) in [6.07, 6.45) is 3.32. The number of nitrogens with one attached hydrogen (secondary N) is 1. The van der Waals surface area contributed by atoms with Crippen LogP contribution < -0.4 is 11.1 Å². The molecule has 1 saturated carbocycles. The minimum atomic E-state index is -0.135. The lowest BCUT2D eigenvalue weighted by molar-refractivity contribution is -0.127. The SMILES string of the molecule is Cc1ccnc(Cl)c1NC(=O)C1CCC(N)C(C)C1(C)C. The second-order valence-electron chi connectivity index (χ2n) is 6.69. The molecule has 0 aromatic carbocycles. The molecule has 5 heteroatoms. The van der Waals surface area contributed by atoms with Crippen LogP contribution in [0.3, 0.4) is 0 Å². The number of rotatable bonds is 2. The van der Waals surface area contributed by atoms with Crippen LogP contribution in [0, 0.1) is 24.2 Å². The number of halogens is 1. The Labute approximate surface area is 131 Å². The number of carbonyl (C=O) groups excluding carboxylic acids is 1. The average molecular weight is 310 g/mol. The van der Waals surface area contributed by atoms with Crippen LogP contribution in [0.4, 0.5) is 5.69 Å². The highest BCUT2D eigenvalue weighted by molar-refractivity contribution is 6.32. The Hall–Kier alpha value is -1.13. The molecule has 1 aliphatic carbocycles. The topological polar surface area (TPSA) is 68.0 Å². The molecule has 1 aromatic rings. The van der Waals surface area contributed by atoms with E-state index in [1.165, 1.54) is 0 Å². The fourth-order valence-electron chi connectivity index (χ4n) is 3.20. The van der Waals surface area contributed by atoms with Crippen molar-refractivity contribution >= 4 is 23.2 Å². The molecule has 0 spiro atoms. The minimum Gasteiger partial charge on any atom is -0.327 e. The van der Waals surface area contributed by atoms with Crippen molar-refractivity contribution in [1.29, 1.82) is 0 Å². The molecule has 1 fully saturated rings. The minimum absolute atomic E-state index is 0.0109. The van der Waals surface area contributed by atoms with Gasteiger partial charge in [0, 0.05) is 18.2 Å². The van der Waals surface area contributed by atoms with Crippen LogP contribution in [0.25, 0.3) is 0 Å². The van der Waals surface area contributed by atoms with E-state index in [2.05, 4.69) is 31.1 Å². The van der Waals surface area contributed by atoms with E-state index in [4.69, 9.17) is 17.3 Å². The first kappa shape index (κ1) is 16.2. The highest BCUT2D eigenvalue weighted by Crippen LogP contribution is 2.45. The molecule has 2 rings (SSSR count). The maximum atomic E-state index is 12.7. The van der Waals surface area contributed by atoms with Crippen LogP contribution >= 0.6 is 11.6 Å². The van der Waals surface area contributed by atoms with Gasteiger partial charge in [0.25, 0.3) is 0 Å². The molecule has 1 amide bonds. The molecule has 0 bridgehead atoms. The summed E-state index contributed by atoms with van der Waals surface area (Å²) < 4.78 is 0. The summed E-state index contributed by atoms with van der Waals surface area (Å²) in [5.74, 6) is 0.243. The standard InChI is InChI=1S/C16H24ClN3O/c1-9-7-8-19-14(17)13(9)20-15(21)11-5-6-12(18)10(2)16(11,3)4/h7-8,10-12H,5-6,18H2,1-4H3,(H,20,21). The summed E-state index contributed by atoms with van der Waals surface area (Å²) in [6, 6.07) is 2.00. The van der Waals surface area contributed by atoms with Gasteiger partial charge in [-0.15, -0.1) is 0 Å². The number of aryl methyl sites for hydroxylation is 1. The summed E-state index contributed by atoms with van der Waals surface area (Å²) >= 11 is 6.09. The zero-order valence-corrected chi connectivity index (χ0v) is 13.9. The molecule has 4 nitrogen and oxygen atoms in total. The van der Waals surface area contributed by atoms with E-state index >= 15 is 0 Å². The largest absolute Gasteiger partial charge is 0.327 e. The Balaban J connectivity index is 2.21. The van der Waals surface area contributed by atoms with Gasteiger partial charge in [0.1, 0.15) is 0 Å². The van der Waals surface area contributed by atoms with Gasteiger partial charge in [-0.2, -0.15) is 0 Å². The van der Waals surface area contributed by atoms with Crippen molar-refractivity contribution in [3.8, 4) is 0 Å². The lowest BCUT2D eigenvalue weighted by atomic mass is 9.61. The second kappa shape index (κ2) is 5.93. The molecule has 0 aliphatic heterocycles. The molecule has 1 heterocycles. The van der Waals surface area contributed by atoms with Crippen LogP contribution in [-0.2, 0) is 4.79 Å². The zero-order chi connectivity index (χ0) is 15.8. The second-order valence-corrected chi connectivity index (χ2v) is 7.04. The number of aromatic nitrogens is 1. The summed E-state index contributed by atoms with van der Waals surface area (Å²) in [4.78, 5) is 16.7. The van der Waals surface area contributed by atoms with Gasteiger partial charge >= 0.3 is 0 Å². The van der Waals surface area contributed by atoms with Crippen LogP contribution in [0.2, 0.25) is 5.15 Å². The van der Waals surface area contributed by atoms with E-state index in [0.717, 1.165) is 18.4 Å². The van der Waals surface area contributed by atoms with Crippen LogP contribution in [0.15, 0.2) is 12.3 Å². The van der Waals surface area contributed by atoms with E-state index in [1.54, 1.807) is 6.20 Å². The molecule has 1 aliphatic rings. The summed E-state index contributed by atoms with van der Waals surface area (Å²) in [5.41, 5.74) is 7.55. The van der Waals surface area contributed by atoms with Crippen molar-refractivity contribution in [2.75, 3.05) is 5.32 Å². The van der Waals surface area contributed by atoms with Gasteiger partial charge in [-0.05, 0) is 42.7 Å². The molecule has 0 radical (unpaired) electrons. The molecule has 3 unspecified atom stereocenters. The first-order valence-corrected chi connectivity index (χ1v) is 7.80. The van der Waals surface area contributed by atoms with Gasteiger partial charge in [0.15, 0.2) is 5.15 Å². The van der Waals surface area contributed by atoms with Crippen molar-refractivity contribution in [1.82, 2.24) is 4.98 Å². The maximum Gasteiger partial charge on any atom is 0.228 e. The Morgan fingerprint density at radius 2 is 2.14 bits per heavy atom. The third-order valence-corrected chi connectivity index (χ3v) is 5.47. The number of hydrogen-bond acceptors (Lipinski definition) is 3. The van der Waals surface area contributed by atoms with Gasteiger partial charge in [-0.1, -0.05) is 32.4 Å². The quantitative estimate of drug-likeness (QED) is 0.823. The van der Waals surface area contributed by atoms with Crippen LogP contribution in [-0.4, -0.2) is 16.9 Å². The molecule has 3 N–H and O–H groups in total. The number of carbonyl (C=O) groups is 1. The van der Waals surface area contributed by atoms with E-state index < -0.39 is 0 Å². The number of nitrogens with zero attached hydrogens (tertiary/aromatic N) is 1. The van der Waals surface area contributed by atoms with Gasteiger partial charge in [-0.25, -0.2) is 4.98 Å². The molecule has 21 heavy (non-hydrogen) atoms. The number of nitrogens with two attached hydrogens (primary N) is 1. The van der Waals surface area contributed by atoms with Gasteiger partial charge < -0.3 is 11.1 Å². The smallest absolute Gasteiger partial charge is 0.228 e. The first-order chi connectivity index (χ1) is 9.75. The fraction of sp³-hybridized carbons (Fsp3) is 0.625. The first-order valence-electron chi connectivity index (χ1n) is 7.42. The summed E-state index contributed by atoms with van der Waals surface area (Å²) in [5, 5.41) is 3.30. The lowest BCUT2D eigenvalue weighted by Gasteiger charge is -2.46. The summed E-state index contributed by atoms with van der Waals surface area (Å²) in [6.45, 7) is 8.29. The lowest BCUT2D eigenvalue weighted by Crippen LogP contribution is -2.50. The monoisotopic (exact) mass is 309 g/mol. The van der Waals surface area contributed by atoms with Crippen molar-refractivity contribution < 1.29 is 4.79 Å². The molecule has 1 aromatic heterocycles. The summed E-state index contributed by atoms with van der Waals surface area (Å²) in [7, 11) is 0. The predicted octanol–water partition coefficient (Wildman–Crippen LogP) is 3.38. The molecule has 3 atom stereocenters. The molecule has 116 valence electrons. The van der Waals surface area contributed by atoms with Gasteiger partial charge in [-0.3, -0.25) is 4.79 Å². The Kier molecular flexibility index (Phi) is 4.59. The van der Waals surface area contributed by atoms with E-state index in [9.17, 15) is 4.79 Å². The van der Waals surface area contributed by atoms with E-state index in [0.29, 0.717) is 16.8 Å². The maximum absolute atomic E-state index is 12.7. The average Bonchev–Trinajstić information content (AvgIpc) is 2.40. The van der Waals surface area contributed by atoms with E-state index in [-0.39, 0.29) is 23.3 Å². The molecule has 0 saturated heterocycles. The van der Waals surface area contributed by atoms with Crippen LogP contribution in [0.1, 0.15) is 39.2 Å². The van der Waals surface area contributed by atoms with Gasteiger partial charge in [0.05, 0.1) is 5.69 Å². The highest BCUT2D eigenvalue weighted by atomic mass is 35.5. The van der Waals surface area contributed by atoms with Crippen molar-refractivity contribution in [3.63, 3.8) is 0 Å². The van der Waals surface area contributed by atoms with Crippen molar-refractivity contribution in [2.24, 2.45) is 23.0 Å². The molecular formula is C16H24ClN3O.